The molecular formula is C18H34N2O2. The Balaban J connectivity index is 1.79. The lowest BCUT2D eigenvalue weighted by Gasteiger charge is -2.41. The van der Waals surface area contributed by atoms with Crippen LogP contribution >= 0.6 is 0 Å². The van der Waals surface area contributed by atoms with Crippen molar-refractivity contribution in [2.45, 2.75) is 97.4 Å². The minimum absolute atomic E-state index is 0.234. The van der Waals surface area contributed by atoms with E-state index in [4.69, 9.17) is 4.74 Å². The lowest BCUT2D eigenvalue weighted by Crippen LogP contribution is -2.47. The molecule has 22 heavy (non-hydrogen) atoms. The predicted octanol–water partition coefficient (Wildman–Crippen LogP) is 3.85. The van der Waals surface area contributed by atoms with Gasteiger partial charge in [0, 0.05) is 18.1 Å². The van der Waals surface area contributed by atoms with Gasteiger partial charge in [0.05, 0.1) is 0 Å². The molecular weight excluding hydrogens is 276 g/mol. The molecule has 2 aliphatic carbocycles. The Labute approximate surface area is 135 Å². The van der Waals surface area contributed by atoms with E-state index in [0.29, 0.717) is 17.5 Å². The standard InChI is InChI=1S/C18H34N2O2/c1-17(2,3)12-9-7-8-10-13(12)19-14-11-15(14)20-16(21)22-18(4,5)6/h12-15,19H,7-11H2,1-6H3,(H,20,21). The molecule has 2 aliphatic rings. The second kappa shape index (κ2) is 6.38. The van der Waals surface area contributed by atoms with Crippen LogP contribution in [0.25, 0.3) is 0 Å². The van der Waals surface area contributed by atoms with Crippen molar-refractivity contribution >= 4 is 6.09 Å². The Bertz CT molecular complexity index is 395. The number of ether oxygens (including phenoxy) is 1. The summed E-state index contributed by atoms with van der Waals surface area (Å²) < 4.78 is 5.32. The fraction of sp³-hybridized carbons (Fsp3) is 0.944. The molecule has 0 radical (unpaired) electrons. The number of carbonyl (C=O) groups excluding carboxylic acids is 1. The van der Waals surface area contributed by atoms with Gasteiger partial charge in [-0.05, 0) is 51.4 Å². The molecule has 2 rings (SSSR count). The van der Waals surface area contributed by atoms with Crippen LogP contribution in [0.4, 0.5) is 4.79 Å². The van der Waals surface area contributed by atoms with E-state index >= 15 is 0 Å². The molecule has 0 aromatic rings. The lowest BCUT2D eigenvalue weighted by atomic mass is 9.69. The highest BCUT2D eigenvalue weighted by Crippen LogP contribution is 2.39. The van der Waals surface area contributed by atoms with Gasteiger partial charge in [0.25, 0.3) is 0 Å². The fourth-order valence-corrected chi connectivity index (χ4v) is 3.64. The average Bonchev–Trinajstić information content (AvgIpc) is 3.03. The highest BCUT2D eigenvalue weighted by molar-refractivity contribution is 5.68. The van der Waals surface area contributed by atoms with E-state index in [1.807, 2.05) is 20.8 Å². The summed E-state index contributed by atoms with van der Waals surface area (Å²) in [5, 5.41) is 6.78. The van der Waals surface area contributed by atoms with Gasteiger partial charge in [-0.2, -0.15) is 0 Å². The summed E-state index contributed by atoms with van der Waals surface area (Å²) in [5.74, 6) is 0.726. The number of alkyl carbamates (subject to hydrolysis) is 1. The quantitative estimate of drug-likeness (QED) is 0.832. The summed E-state index contributed by atoms with van der Waals surface area (Å²) in [4.78, 5) is 11.8. The van der Waals surface area contributed by atoms with Gasteiger partial charge in [-0.25, -0.2) is 4.79 Å². The Morgan fingerprint density at radius 1 is 0.955 bits per heavy atom. The van der Waals surface area contributed by atoms with Gasteiger partial charge in [0.2, 0.25) is 0 Å². The van der Waals surface area contributed by atoms with Crippen molar-refractivity contribution in [2.24, 2.45) is 11.3 Å². The third kappa shape index (κ3) is 5.15. The summed E-state index contributed by atoms with van der Waals surface area (Å²) >= 11 is 0. The summed E-state index contributed by atoms with van der Waals surface area (Å²) in [6.45, 7) is 12.7. The van der Waals surface area contributed by atoms with Crippen LogP contribution in [0, 0.1) is 11.3 Å². The molecule has 4 unspecified atom stereocenters. The zero-order chi connectivity index (χ0) is 16.5. The average molecular weight is 310 g/mol. The molecule has 0 heterocycles. The third-order valence-corrected chi connectivity index (χ3v) is 4.80. The Hall–Kier alpha value is -0.770. The molecule has 2 N–H and O–H groups in total. The molecule has 4 nitrogen and oxygen atoms in total. The van der Waals surface area contributed by atoms with Gasteiger partial charge >= 0.3 is 6.09 Å². The van der Waals surface area contributed by atoms with E-state index in [1.54, 1.807) is 0 Å². The molecule has 0 spiro atoms. The van der Waals surface area contributed by atoms with Crippen LogP contribution in [0.2, 0.25) is 0 Å². The molecule has 0 aromatic carbocycles. The van der Waals surface area contributed by atoms with Crippen LogP contribution in [0.3, 0.4) is 0 Å². The van der Waals surface area contributed by atoms with Crippen molar-refractivity contribution in [3.63, 3.8) is 0 Å². The maximum atomic E-state index is 11.8. The minimum atomic E-state index is -0.428. The number of nitrogens with one attached hydrogen (secondary N) is 2. The Kier molecular flexibility index (Phi) is 5.10. The summed E-state index contributed by atoms with van der Waals surface area (Å²) in [6.07, 6.45) is 5.98. The highest BCUT2D eigenvalue weighted by Gasteiger charge is 2.43. The largest absolute Gasteiger partial charge is 0.444 e. The predicted molar refractivity (Wildman–Crippen MR) is 89.9 cm³/mol. The zero-order valence-corrected chi connectivity index (χ0v) is 15.2. The maximum absolute atomic E-state index is 11.8. The van der Waals surface area contributed by atoms with Crippen LogP contribution < -0.4 is 10.6 Å². The van der Waals surface area contributed by atoms with Gasteiger partial charge in [-0.3, -0.25) is 0 Å². The van der Waals surface area contributed by atoms with Crippen molar-refractivity contribution in [3.8, 4) is 0 Å². The Morgan fingerprint density at radius 2 is 1.59 bits per heavy atom. The van der Waals surface area contributed by atoms with Gasteiger partial charge in [-0.15, -0.1) is 0 Å². The second-order valence-corrected chi connectivity index (χ2v) is 9.13. The zero-order valence-electron chi connectivity index (χ0n) is 15.2. The number of hydrogen-bond donors (Lipinski definition) is 2. The van der Waals surface area contributed by atoms with E-state index < -0.39 is 5.60 Å². The number of hydrogen-bond acceptors (Lipinski definition) is 3. The molecule has 0 aliphatic heterocycles. The molecule has 4 heteroatoms. The summed E-state index contributed by atoms with van der Waals surface area (Å²) in [5.41, 5.74) is -0.0797. The molecule has 0 bridgehead atoms. The van der Waals surface area contributed by atoms with Crippen molar-refractivity contribution in [1.82, 2.24) is 10.6 Å². The molecule has 0 saturated heterocycles. The number of rotatable bonds is 3. The monoisotopic (exact) mass is 310 g/mol. The minimum Gasteiger partial charge on any atom is -0.444 e. The fourth-order valence-electron chi connectivity index (χ4n) is 3.64. The Morgan fingerprint density at radius 3 is 2.18 bits per heavy atom. The van der Waals surface area contributed by atoms with Crippen molar-refractivity contribution in [1.29, 1.82) is 0 Å². The molecule has 2 fully saturated rings. The molecule has 128 valence electrons. The van der Waals surface area contributed by atoms with Crippen molar-refractivity contribution in [2.75, 3.05) is 0 Å². The third-order valence-electron chi connectivity index (χ3n) is 4.80. The van der Waals surface area contributed by atoms with E-state index in [-0.39, 0.29) is 12.1 Å². The molecule has 0 aromatic heterocycles. The van der Waals surface area contributed by atoms with Crippen LogP contribution in [0.1, 0.15) is 73.6 Å². The van der Waals surface area contributed by atoms with Crippen LogP contribution in [0.15, 0.2) is 0 Å². The summed E-state index contributed by atoms with van der Waals surface area (Å²) in [7, 11) is 0. The summed E-state index contributed by atoms with van der Waals surface area (Å²) in [6, 6.07) is 1.24. The number of amides is 1. The van der Waals surface area contributed by atoms with E-state index in [0.717, 1.165) is 12.3 Å². The van der Waals surface area contributed by atoms with E-state index in [9.17, 15) is 4.79 Å². The van der Waals surface area contributed by atoms with Gasteiger partial charge in [-0.1, -0.05) is 33.6 Å². The SMILES string of the molecule is CC(C)(C)OC(=O)NC1CC1NC1CCCCC1C(C)(C)C. The highest BCUT2D eigenvalue weighted by atomic mass is 16.6. The second-order valence-electron chi connectivity index (χ2n) is 9.13. The van der Waals surface area contributed by atoms with Crippen molar-refractivity contribution in [3.05, 3.63) is 0 Å². The van der Waals surface area contributed by atoms with Gasteiger partial charge < -0.3 is 15.4 Å². The van der Waals surface area contributed by atoms with E-state index in [1.165, 1.54) is 25.7 Å². The van der Waals surface area contributed by atoms with Crippen LogP contribution in [-0.2, 0) is 4.74 Å². The first-order valence-electron chi connectivity index (χ1n) is 8.82. The van der Waals surface area contributed by atoms with Crippen LogP contribution in [-0.4, -0.2) is 29.8 Å². The lowest BCUT2D eigenvalue weighted by molar-refractivity contribution is 0.0520. The van der Waals surface area contributed by atoms with Crippen LogP contribution in [0.5, 0.6) is 0 Å². The first-order valence-corrected chi connectivity index (χ1v) is 8.82. The van der Waals surface area contributed by atoms with Gasteiger partial charge in [0.15, 0.2) is 0 Å². The first-order chi connectivity index (χ1) is 10.1. The normalized spacial score (nSPS) is 32.5. The van der Waals surface area contributed by atoms with Gasteiger partial charge in [0.1, 0.15) is 5.60 Å². The first kappa shape index (κ1) is 17.6. The topological polar surface area (TPSA) is 50.4 Å². The number of carbonyl (C=O) groups is 1. The smallest absolute Gasteiger partial charge is 0.407 e. The maximum Gasteiger partial charge on any atom is 0.407 e. The molecule has 1 amide bonds. The molecule has 2 saturated carbocycles. The molecule has 4 atom stereocenters. The van der Waals surface area contributed by atoms with Crippen molar-refractivity contribution < 1.29 is 9.53 Å². The van der Waals surface area contributed by atoms with E-state index in [2.05, 4.69) is 31.4 Å².